The molecule has 0 aliphatic carbocycles. The minimum absolute atomic E-state index is 0.137. The van der Waals surface area contributed by atoms with Gasteiger partial charge < -0.3 is 9.30 Å². The van der Waals surface area contributed by atoms with Crippen LogP contribution >= 0.6 is 0 Å². The van der Waals surface area contributed by atoms with Gasteiger partial charge in [-0.25, -0.2) is 5.43 Å². The lowest BCUT2D eigenvalue weighted by atomic mass is 9.87. The second-order valence-electron chi connectivity index (χ2n) is 7.84. The SMILES string of the molecule is CC(=O)NN=Cc1cn(CCOc2ccc(C(C)(C)C)cc2)c2ccccc12. The summed E-state index contributed by atoms with van der Waals surface area (Å²) in [6.07, 6.45) is 3.70. The van der Waals surface area contributed by atoms with Crippen molar-refractivity contribution in [3.05, 3.63) is 65.9 Å². The molecule has 5 heteroatoms. The molecular weight excluding hydrogens is 350 g/mol. The van der Waals surface area contributed by atoms with Crippen LogP contribution in [0.3, 0.4) is 0 Å². The van der Waals surface area contributed by atoms with E-state index in [1.807, 2.05) is 36.5 Å². The Kier molecular flexibility index (Phi) is 5.83. The first-order chi connectivity index (χ1) is 13.3. The zero-order valence-electron chi connectivity index (χ0n) is 16.9. The molecule has 5 nitrogen and oxygen atoms in total. The molecule has 0 saturated carbocycles. The zero-order valence-corrected chi connectivity index (χ0v) is 16.9. The second kappa shape index (κ2) is 8.30. The largest absolute Gasteiger partial charge is 0.492 e. The van der Waals surface area contributed by atoms with E-state index >= 15 is 0 Å². The van der Waals surface area contributed by atoms with E-state index in [1.54, 1.807) is 6.21 Å². The predicted molar refractivity (Wildman–Crippen MR) is 114 cm³/mol. The summed E-state index contributed by atoms with van der Waals surface area (Å²) in [4.78, 5) is 11.0. The number of aromatic nitrogens is 1. The van der Waals surface area contributed by atoms with Crippen molar-refractivity contribution in [2.45, 2.75) is 39.7 Å². The molecule has 0 aliphatic rings. The summed E-state index contributed by atoms with van der Waals surface area (Å²) in [6, 6.07) is 16.4. The number of hydrogen-bond acceptors (Lipinski definition) is 3. The van der Waals surface area contributed by atoms with Crippen molar-refractivity contribution >= 4 is 23.0 Å². The Morgan fingerprint density at radius 1 is 1.14 bits per heavy atom. The Morgan fingerprint density at radius 3 is 2.54 bits per heavy atom. The van der Waals surface area contributed by atoms with E-state index in [0.717, 1.165) is 28.8 Å². The normalized spacial score (nSPS) is 11.9. The van der Waals surface area contributed by atoms with E-state index in [4.69, 9.17) is 4.74 Å². The Labute approximate surface area is 166 Å². The maximum absolute atomic E-state index is 11.0. The van der Waals surface area contributed by atoms with Gasteiger partial charge in [0.15, 0.2) is 0 Å². The third-order valence-electron chi connectivity index (χ3n) is 4.57. The third kappa shape index (κ3) is 4.80. The molecular formula is C23H27N3O2. The fourth-order valence-electron chi connectivity index (χ4n) is 3.07. The average Bonchev–Trinajstić information content (AvgIpc) is 2.99. The van der Waals surface area contributed by atoms with Gasteiger partial charge in [0.05, 0.1) is 12.8 Å². The number of nitrogens with zero attached hydrogens (tertiary/aromatic N) is 2. The van der Waals surface area contributed by atoms with E-state index in [0.29, 0.717) is 6.61 Å². The average molecular weight is 377 g/mol. The number of carbonyl (C=O) groups excluding carboxylic acids is 1. The fourth-order valence-corrected chi connectivity index (χ4v) is 3.07. The standard InChI is InChI=1S/C23H27N3O2/c1-17(27)25-24-15-18-16-26(22-8-6-5-7-21(18)22)13-14-28-20-11-9-19(10-12-20)23(2,3)4/h5-12,15-16H,13-14H2,1-4H3,(H,25,27). The van der Waals surface area contributed by atoms with Gasteiger partial charge in [-0.15, -0.1) is 0 Å². The topological polar surface area (TPSA) is 55.6 Å². The van der Waals surface area contributed by atoms with Crippen molar-refractivity contribution in [1.29, 1.82) is 0 Å². The van der Waals surface area contributed by atoms with Gasteiger partial charge in [0.1, 0.15) is 12.4 Å². The van der Waals surface area contributed by atoms with E-state index < -0.39 is 0 Å². The molecule has 0 unspecified atom stereocenters. The molecule has 3 aromatic rings. The molecule has 3 rings (SSSR count). The van der Waals surface area contributed by atoms with Crippen LogP contribution in [0.4, 0.5) is 0 Å². The van der Waals surface area contributed by atoms with Crippen molar-refractivity contribution in [3.8, 4) is 5.75 Å². The second-order valence-corrected chi connectivity index (χ2v) is 7.84. The van der Waals surface area contributed by atoms with Crippen LogP contribution in [0.15, 0.2) is 59.8 Å². The number of benzene rings is 2. The van der Waals surface area contributed by atoms with Crippen molar-refractivity contribution in [2.75, 3.05) is 6.61 Å². The molecule has 0 atom stereocenters. The number of amides is 1. The molecule has 0 saturated heterocycles. The lowest BCUT2D eigenvalue weighted by Crippen LogP contribution is -2.12. The summed E-state index contributed by atoms with van der Waals surface area (Å²) in [6.45, 7) is 9.32. The first-order valence-corrected chi connectivity index (χ1v) is 9.45. The maximum Gasteiger partial charge on any atom is 0.236 e. The maximum atomic E-state index is 11.0. The van der Waals surface area contributed by atoms with Crippen molar-refractivity contribution in [1.82, 2.24) is 9.99 Å². The Bertz CT molecular complexity index is 979. The molecule has 1 amide bonds. The summed E-state index contributed by atoms with van der Waals surface area (Å²) < 4.78 is 8.08. The molecule has 146 valence electrons. The summed E-state index contributed by atoms with van der Waals surface area (Å²) >= 11 is 0. The highest BCUT2D eigenvalue weighted by Crippen LogP contribution is 2.24. The highest BCUT2D eigenvalue weighted by molar-refractivity contribution is 5.99. The van der Waals surface area contributed by atoms with Crippen LogP contribution in [0.1, 0.15) is 38.8 Å². The lowest BCUT2D eigenvalue weighted by Gasteiger charge is -2.19. The van der Waals surface area contributed by atoms with E-state index in [2.05, 4.69) is 54.1 Å². The molecule has 0 spiro atoms. The number of rotatable bonds is 6. The van der Waals surface area contributed by atoms with Gasteiger partial charge in [0, 0.05) is 29.6 Å². The first kappa shape index (κ1) is 19.7. The van der Waals surface area contributed by atoms with Crippen molar-refractivity contribution in [2.24, 2.45) is 5.10 Å². The number of hydrogen-bond donors (Lipinski definition) is 1. The molecule has 28 heavy (non-hydrogen) atoms. The fraction of sp³-hybridized carbons (Fsp3) is 0.304. The molecule has 0 fully saturated rings. The van der Waals surface area contributed by atoms with E-state index in [-0.39, 0.29) is 11.3 Å². The van der Waals surface area contributed by atoms with Crippen molar-refractivity contribution < 1.29 is 9.53 Å². The molecule has 1 heterocycles. The third-order valence-corrected chi connectivity index (χ3v) is 4.57. The molecule has 0 bridgehead atoms. The summed E-state index contributed by atoms with van der Waals surface area (Å²) in [5, 5.41) is 5.08. The highest BCUT2D eigenvalue weighted by Gasteiger charge is 2.13. The quantitative estimate of drug-likeness (QED) is 0.508. The van der Waals surface area contributed by atoms with Crippen LogP contribution in [0, 0.1) is 0 Å². The monoisotopic (exact) mass is 377 g/mol. The van der Waals surface area contributed by atoms with Crippen LogP contribution in [0.2, 0.25) is 0 Å². The van der Waals surface area contributed by atoms with Crippen molar-refractivity contribution in [3.63, 3.8) is 0 Å². The summed E-state index contributed by atoms with van der Waals surface area (Å²) in [5.74, 6) is 0.683. The summed E-state index contributed by atoms with van der Waals surface area (Å²) in [5.41, 5.74) is 5.94. The number of hydrazone groups is 1. The molecule has 1 aromatic heterocycles. The van der Waals surface area contributed by atoms with Gasteiger partial charge in [-0.3, -0.25) is 4.79 Å². The van der Waals surface area contributed by atoms with Crippen LogP contribution in [-0.2, 0) is 16.8 Å². The number of ether oxygens (including phenoxy) is 1. The van der Waals surface area contributed by atoms with Crippen LogP contribution in [-0.4, -0.2) is 23.3 Å². The smallest absolute Gasteiger partial charge is 0.236 e. The minimum Gasteiger partial charge on any atom is -0.492 e. The number of nitrogens with one attached hydrogen (secondary N) is 1. The van der Waals surface area contributed by atoms with E-state index in [9.17, 15) is 4.79 Å². The zero-order chi connectivity index (χ0) is 20.1. The molecule has 0 aliphatic heterocycles. The lowest BCUT2D eigenvalue weighted by molar-refractivity contribution is -0.118. The predicted octanol–water partition coefficient (Wildman–Crippen LogP) is 4.49. The van der Waals surface area contributed by atoms with Gasteiger partial charge in [0.2, 0.25) is 5.91 Å². The number of carbonyl (C=O) groups is 1. The van der Waals surface area contributed by atoms with Gasteiger partial charge in [-0.05, 0) is 29.2 Å². The number of fused-ring (bicyclic) bond motifs is 1. The minimum atomic E-state index is -0.189. The van der Waals surface area contributed by atoms with E-state index in [1.165, 1.54) is 12.5 Å². The van der Waals surface area contributed by atoms with Gasteiger partial charge in [-0.2, -0.15) is 5.10 Å². The summed E-state index contributed by atoms with van der Waals surface area (Å²) in [7, 11) is 0. The Morgan fingerprint density at radius 2 is 1.86 bits per heavy atom. The van der Waals surface area contributed by atoms with Gasteiger partial charge in [-0.1, -0.05) is 51.1 Å². The van der Waals surface area contributed by atoms with Crippen LogP contribution in [0.25, 0.3) is 10.9 Å². The molecule has 0 radical (unpaired) electrons. The highest BCUT2D eigenvalue weighted by atomic mass is 16.5. The molecule has 2 aromatic carbocycles. The van der Waals surface area contributed by atoms with Crippen LogP contribution < -0.4 is 10.2 Å². The Balaban J connectivity index is 1.69. The van der Waals surface area contributed by atoms with Gasteiger partial charge >= 0.3 is 0 Å². The number of para-hydroxylation sites is 1. The first-order valence-electron chi connectivity index (χ1n) is 9.45. The van der Waals surface area contributed by atoms with Crippen LogP contribution in [0.5, 0.6) is 5.75 Å². The van der Waals surface area contributed by atoms with Gasteiger partial charge in [0.25, 0.3) is 0 Å². The molecule has 1 N–H and O–H groups in total. The Hall–Kier alpha value is -3.08.